The third-order valence-corrected chi connectivity index (χ3v) is 7.02. The van der Waals surface area contributed by atoms with Gasteiger partial charge in [0.05, 0.1) is 16.3 Å². The van der Waals surface area contributed by atoms with Crippen molar-refractivity contribution in [2.75, 3.05) is 20.6 Å². The van der Waals surface area contributed by atoms with Gasteiger partial charge in [0.25, 0.3) is 11.5 Å². The van der Waals surface area contributed by atoms with E-state index in [-0.39, 0.29) is 27.8 Å². The molecule has 4 rings (SSSR count). The van der Waals surface area contributed by atoms with Gasteiger partial charge in [-0.25, -0.2) is 21.9 Å². The van der Waals surface area contributed by atoms with E-state index in [9.17, 15) is 26.8 Å². The van der Waals surface area contributed by atoms with Gasteiger partial charge in [-0.05, 0) is 42.8 Å². The minimum absolute atomic E-state index is 0.0162. The van der Waals surface area contributed by atoms with Crippen LogP contribution >= 0.6 is 0 Å². The number of pyridine rings is 1. The van der Waals surface area contributed by atoms with Gasteiger partial charge < -0.3 is 15.2 Å². The van der Waals surface area contributed by atoms with Crippen molar-refractivity contribution < 1.29 is 22.0 Å². The molecule has 8 nitrogen and oxygen atoms in total. The zero-order valence-electron chi connectivity index (χ0n) is 17.2. The molecule has 2 heterocycles. The zero-order chi connectivity index (χ0) is 23.2. The first-order chi connectivity index (χ1) is 15.1. The first-order valence-corrected chi connectivity index (χ1v) is 11.2. The van der Waals surface area contributed by atoms with E-state index in [4.69, 9.17) is 0 Å². The van der Waals surface area contributed by atoms with E-state index >= 15 is 0 Å². The van der Waals surface area contributed by atoms with Gasteiger partial charge in [0.15, 0.2) is 11.6 Å². The molecule has 0 radical (unpaired) electrons. The van der Waals surface area contributed by atoms with Gasteiger partial charge >= 0.3 is 0 Å². The molecule has 3 N–H and O–H groups in total. The molecule has 0 aliphatic carbocycles. The molecule has 1 aliphatic heterocycles. The quantitative estimate of drug-likeness (QED) is 0.546. The smallest absolute Gasteiger partial charge is 0.256 e. The van der Waals surface area contributed by atoms with Gasteiger partial charge in [-0.2, -0.15) is 0 Å². The Balaban J connectivity index is 1.81. The van der Waals surface area contributed by atoms with E-state index in [1.807, 2.05) is 0 Å². The highest BCUT2D eigenvalue weighted by Gasteiger charge is 2.31. The van der Waals surface area contributed by atoms with E-state index in [1.54, 1.807) is 0 Å². The number of carbonyl (C=O) groups is 1. The Morgan fingerprint density at radius 3 is 2.53 bits per heavy atom. The summed E-state index contributed by atoms with van der Waals surface area (Å²) in [6.45, 7) is 0.581. The van der Waals surface area contributed by atoms with Crippen molar-refractivity contribution in [1.29, 1.82) is 0 Å². The Labute approximate surface area is 182 Å². The number of nitrogens with one attached hydrogen (secondary N) is 3. The summed E-state index contributed by atoms with van der Waals surface area (Å²) in [7, 11) is -0.946. The summed E-state index contributed by atoms with van der Waals surface area (Å²) in [6.07, 6.45) is 0. The van der Waals surface area contributed by atoms with Crippen LogP contribution in [0.5, 0.6) is 0 Å². The lowest BCUT2D eigenvalue weighted by molar-refractivity contribution is 0.0723. The van der Waals surface area contributed by atoms with Crippen LogP contribution in [-0.4, -0.2) is 44.8 Å². The molecular weight excluding hydrogens is 442 g/mol. The molecule has 1 unspecified atom stereocenters. The number of fused-ring (bicyclic) bond motifs is 3. The Bertz CT molecular complexity index is 1400. The Kier molecular flexibility index (Phi) is 5.57. The van der Waals surface area contributed by atoms with Crippen LogP contribution in [0.1, 0.15) is 27.7 Å². The lowest BCUT2D eigenvalue weighted by Crippen LogP contribution is -2.42. The molecule has 2 aromatic carbocycles. The summed E-state index contributed by atoms with van der Waals surface area (Å²) >= 11 is 0. The summed E-state index contributed by atoms with van der Waals surface area (Å²) in [5.74, 6) is -2.71. The van der Waals surface area contributed by atoms with E-state index < -0.39 is 39.2 Å². The topological polar surface area (TPSA) is 111 Å². The fourth-order valence-electron chi connectivity index (χ4n) is 3.94. The standard InChI is InChI=1S/C21H20F2N4O4S/c1-24-32(30,31)12-5-3-4-11(6-12)21(29)27(2)18-10-25-9-17-19(18)13-7-15(22)16(23)8-14(13)20(28)26-17/h3-8,18,24-25H,9-10H2,1-2H3,(H,26,28). The Morgan fingerprint density at radius 2 is 1.84 bits per heavy atom. The van der Waals surface area contributed by atoms with Crippen molar-refractivity contribution in [2.24, 2.45) is 0 Å². The minimum Gasteiger partial charge on any atom is -0.333 e. The maximum absolute atomic E-state index is 14.0. The lowest BCUT2D eigenvalue weighted by atomic mass is 9.93. The van der Waals surface area contributed by atoms with Gasteiger partial charge in [-0.3, -0.25) is 9.59 Å². The van der Waals surface area contributed by atoms with Crippen molar-refractivity contribution in [3.63, 3.8) is 0 Å². The maximum Gasteiger partial charge on any atom is 0.256 e. The number of sulfonamides is 1. The molecule has 1 aromatic heterocycles. The second-order valence-electron chi connectivity index (χ2n) is 7.46. The molecule has 0 bridgehead atoms. The highest BCUT2D eigenvalue weighted by molar-refractivity contribution is 7.89. The van der Waals surface area contributed by atoms with Crippen molar-refractivity contribution in [1.82, 2.24) is 19.9 Å². The molecule has 32 heavy (non-hydrogen) atoms. The molecule has 0 saturated carbocycles. The van der Waals surface area contributed by atoms with Crippen LogP contribution in [0.15, 0.2) is 46.1 Å². The number of carbonyl (C=O) groups excluding carboxylic acids is 1. The molecule has 0 spiro atoms. The number of halogens is 2. The molecule has 1 aliphatic rings. The number of hydrogen-bond acceptors (Lipinski definition) is 5. The average molecular weight is 462 g/mol. The van der Waals surface area contributed by atoms with Crippen molar-refractivity contribution in [3.8, 4) is 0 Å². The fourth-order valence-corrected chi connectivity index (χ4v) is 4.71. The number of nitrogens with zero attached hydrogens (tertiary/aromatic N) is 1. The third-order valence-electron chi connectivity index (χ3n) is 5.61. The van der Waals surface area contributed by atoms with Crippen molar-refractivity contribution in [3.05, 3.63) is 75.2 Å². The number of aromatic nitrogens is 1. The largest absolute Gasteiger partial charge is 0.333 e. The molecule has 1 atom stereocenters. The normalized spacial score (nSPS) is 16.1. The highest BCUT2D eigenvalue weighted by Crippen LogP contribution is 2.32. The first-order valence-electron chi connectivity index (χ1n) is 9.69. The molecule has 3 aromatic rings. The van der Waals surface area contributed by atoms with E-state index in [0.717, 1.165) is 12.1 Å². The number of likely N-dealkylation sites (N-methyl/N-ethyl adjacent to an activating group) is 1. The van der Waals surface area contributed by atoms with Gasteiger partial charge in [0.1, 0.15) is 0 Å². The van der Waals surface area contributed by atoms with Gasteiger partial charge in [0.2, 0.25) is 10.0 Å². The number of rotatable bonds is 4. The van der Waals surface area contributed by atoms with E-state index in [0.29, 0.717) is 17.8 Å². The minimum atomic E-state index is -3.75. The van der Waals surface area contributed by atoms with Crippen LogP contribution in [0.3, 0.4) is 0 Å². The molecule has 1 amide bonds. The maximum atomic E-state index is 14.0. The van der Waals surface area contributed by atoms with Gasteiger partial charge in [0, 0.05) is 37.0 Å². The summed E-state index contributed by atoms with van der Waals surface area (Å²) in [5, 5.41) is 3.31. The summed E-state index contributed by atoms with van der Waals surface area (Å²) in [5.41, 5.74) is 0.559. The second kappa shape index (κ2) is 8.08. The van der Waals surface area contributed by atoms with Crippen LogP contribution in [0, 0.1) is 11.6 Å². The SMILES string of the molecule is CNS(=O)(=O)c1cccc(C(=O)N(C)C2CNCc3[nH]c(=O)c4cc(F)c(F)cc4c32)c1. The zero-order valence-corrected chi connectivity index (χ0v) is 18.0. The van der Waals surface area contributed by atoms with Crippen LogP contribution in [0.2, 0.25) is 0 Å². The van der Waals surface area contributed by atoms with Crippen LogP contribution in [0.4, 0.5) is 8.78 Å². The molecule has 168 valence electrons. The van der Waals surface area contributed by atoms with Crippen LogP contribution in [0.25, 0.3) is 10.8 Å². The molecule has 0 fully saturated rings. The monoisotopic (exact) mass is 462 g/mol. The third kappa shape index (κ3) is 3.68. The predicted molar refractivity (Wildman–Crippen MR) is 114 cm³/mol. The Morgan fingerprint density at radius 1 is 1.16 bits per heavy atom. The van der Waals surface area contributed by atoms with Gasteiger partial charge in [-0.15, -0.1) is 0 Å². The first kappa shape index (κ1) is 22.1. The fraction of sp³-hybridized carbons (Fsp3) is 0.238. The van der Waals surface area contributed by atoms with Crippen LogP contribution in [-0.2, 0) is 16.6 Å². The lowest BCUT2D eigenvalue weighted by Gasteiger charge is -2.34. The summed E-state index contributed by atoms with van der Waals surface area (Å²) < 4.78 is 54.2. The average Bonchev–Trinajstić information content (AvgIpc) is 2.79. The van der Waals surface area contributed by atoms with Crippen LogP contribution < -0.4 is 15.6 Å². The number of hydrogen-bond donors (Lipinski definition) is 3. The second-order valence-corrected chi connectivity index (χ2v) is 9.34. The Hall–Kier alpha value is -3.15. The summed E-state index contributed by atoms with van der Waals surface area (Å²) in [4.78, 5) is 29.6. The summed E-state index contributed by atoms with van der Waals surface area (Å²) in [6, 6.07) is 6.78. The van der Waals surface area contributed by atoms with Crippen molar-refractivity contribution >= 4 is 26.7 Å². The van der Waals surface area contributed by atoms with E-state index in [2.05, 4.69) is 15.0 Å². The van der Waals surface area contributed by atoms with Gasteiger partial charge in [-0.1, -0.05) is 6.07 Å². The number of aromatic amines is 1. The van der Waals surface area contributed by atoms with Crippen molar-refractivity contribution in [2.45, 2.75) is 17.5 Å². The molecular formula is C21H20F2N4O4S. The molecule has 11 heteroatoms. The molecule has 0 saturated heterocycles. The highest BCUT2D eigenvalue weighted by atomic mass is 32.2. The number of amides is 1. The predicted octanol–water partition coefficient (Wildman–Crippen LogP) is 1.63. The van der Waals surface area contributed by atoms with E-state index in [1.165, 1.54) is 43.3 Å². The number of H-pyrrole nitrogens is 1. The number of benzene rings is 2.